The van der Waals surface area contributed by atoms with Crippen molar-refractivity contribution in [1.82, 2.24) is 0 Å². The standard InChI is InChI=1S/C23H40Si/c1-23(2)19-13-15-9-5-7-11-17(15)21(19)24(3,4)22-18-12-8-6-10-16(18)14-20(22)23/h15-22H,5-14H2,1-4H3. The molecule has 8 atom stereocenters. The second-order valence-corrected chi connectivity index (χ2v) is 16.8. The van der Waals surface area contributed by atoms with Crippen LogP contribution in [0.2, 0.25) is 24.2 Å². The van der Waals surface area contributed by atoms with Crippen molar-refractivity contribution in [2.75, 3.05) is 0 Å². The molecule has 0 bridgehead atoms. The van der Waals surface area contributed by atoms with Gasteiger partial charge in [-0.25, -0.2) is 0 Å². The molecule has 4 saturated carbocycles. The summed E-state index contributed by atoms with van der Waals surface area (Å²) < 4.78 is 0. The van der Waals surface area contributed by atoms with Crippen LogP contribution in [0.1, 0.15) is 78.1 Å². The quantitative estimate of drug-likeness (QED) is 0.410. The van der Waals surface area contributed by atoms with Gasteiger partial charge in [0, 0.05) is 0 Å². The topological polar surface area (TPSA) is 0 Å². The molecule has 5 fully saturated rings. The van der Waals surface area contributed by atoms with Crippen LogP contribution in [0.15, 0.2) is 0 Å². The van der Waals surface area contributed by atoms with Crippen molar-refractivity contribution in [1.29, 1.82) is 0 Å². The molecular weight excluding hydrogens is 304 g/mol. The first kappa shape index (κ1) is 16.4. The summed E-state index contributed by atoms with van der Waals surface area (Å²) in [7, 11) is -1.16. The second kappa shape index (κ2) is 5.36. The second-order valence-electron chi connectivity index (χ2n) is 11.8. The van der Waals surface area contributed by atoms with Crippen LogP contribution in [0.25, 0.3) is 0 Å². The van der Waals surface area contributed by atoms with Crippen LogP contribution in [0.4, 0.5) is 0 Å². The molecule has 0 nitrogen and oxygen atoms in total. The Bertz CT molecular complexity index is 464. The molecule has 5 rings (SSSR count). The van der Waals surface area contributed by atoms with Crippen molar-refractivity contribution in [2.45, 2.75) is 102 Å². The molecule has 1 saturated heterocycles. The maximum Gasteiger partial charge on any atom is 0.0547 e. The van der Waals surface area contributed by atoms with Crippen molar-refractivity contribution in [3.8, 4) is 0 Å². The monoisotopic (exact) mass is 344 g/mol. The molecule has 4 aliphatic carbocycles. The zero-order valence-electron chi connectivity index (χ0n) is 16.7. The molecule has 0 N–H and O–H groups in total. The molecule has 8 unspecified atom stereocenters. The largest absolute Gasteiger partial charge is 0.0689 e. The molecule has 0 aromatic rings. The van der Waals surface area contributed by atoms with E-state index in [1.807, 2.05) is 0 Å². The van der Waals surface area contributed by atoms with Gasteiger partial charge in [0.05, 0.1) is 8.07 Å². The normalized spacial score (nSPS) is 54.5. The summed E-state index contributed by atoms with van der Waals surface area (Å²) in [5, 5.41) is 0. The molecule has 24 heavy (non-hydrogen) atoms. The van der Waals surface area contributed by atoms with Crippen LogP contribution < -0.4 is 0 Å². The van der Waals surface area contributed by atoms with Crippen LogP contribution in [0, 0.1) is 40.9 Å². The number of fused-ring (bicyclic) bond motifs is 6. The molecule has 0 aromatic carbocycles. The first-order chi connectivity index (χ1) is 11.4. The maximum atomic E-state index is 2.88. The fourth-order valence-corrected chi connectivity index (χ4v) is 16.5. The van der Waals surface area contributed by atoms with Gasteiger partial charge < -0.3 is 0 Å². The van der Waals surface area contributed by atoms with Crippen LogP contribution in [0.5, 0.6) is 0 Å². The van der Waals surface area contributed by atoms with Crippen LogP contribution in [-0.2, 0) is 0 Å². The highest BCUT2D eigenvalue weighted by molar-refractivity contribution is 6.80. The number of rotatable bonds is 0. The fourth-order valence-electron chi connectivity index (χ4n) is 9.72. The lowest BCUT2D eigenvalue weighted by molar-refractivity contribution is 0.0889. The van der Waals surface area contributed by atoms with E-state index < -0.39 is 8.07 Å². The van der Waals surface area contributed by atoms with Crippen molar-refractivity contribution >= 4 is 8.07 Å². The van der Waals surface area contributed by atoms with Gasteiger partial charge in [0.15, 0.2) is 0 Å². The molecular formula is C23H40Si. The predicted octanol–water partition coefficient (Wildman–Crippen LogP) is 7.13. The lowest BCUT2D eigenvalue weighted by atomic mass is 9.66. The van der Waals surface area contributed by atoms with Gasteiger partial charge in [-0.05, 0) is 64.8 Å². The SMILES string of the molecule is CC1(C)C2CC3CCCCC3C2[Si](C)(C)C2C3CCCCC3CC21. The molecule has 1 heterocycles. The van der Waals surface area contributed by atoms with Crippen molar-refractivity contribution in [3.63, 3.8) is 0 Å². The van der Waals surface area contributed by atoms with E-state index in [0.717, 1.165) is 35.5 Å². The van der Waals surface area contributed by atoms with E-state index in [1.165, 1.54) is 11.1 Å². The Balaban J connectivity index is 1.57. The first-order valence-corrected chi connectivity index (χ1v) is 14.6. The zero-order valence-corrected chi connectivity index (χ0v) is 17.7. The molecule has 5 aliphatic rings. The van der Waals surface area contributed by atoms with E-state index in [4.69, 9.17) is 0 Å². The Morgan fingerprint density at radius 2 is 1.08 bits per heavy atom. The fraction of sp³-hybridized carbons (Fsp3) is 1.00. The van der Waals surface area contributed by atoms with Gasteiger partial charge in [0.2, 0.25) is 0 Å². The van der Waals surface area contributed by atoms with E-state index in [-0.39, 0.29) is 0 Å². The van der Waals surface area contributed by atoms with E-state index in [9.17, 15) is 0 Å². The lowest BCUT2D eigenvalue weighted by Crippen LogP contribution is -2.56. The minimum Gasteiger partial charge on any atom is -0.0689 e. The highest BCUT2D eigenvalue weighted by Gasteiger charge is 2.67. The van der Waals surface area contributed by atoms with Gasteiger partial charge in [-0.15, -0.1) is 0 Å². The van der Waals surface area contributed by atoms with Crippen LogP contribution in [0.3, 0.4) is 0 Å². The average molecular weight is 345 g/mol. The molecule has 0 aromatic heterocycles. The molecule has 0 amide bonds. The van der Waals surface area contributed by atoms with Crippen molar-refractivity contribution in [3.05, 3.63) is 0 Å². The zero-order chi connectivity index (χ0) is 16.7. The predicted molar refractivity (Wildman–Crippen MR) is 106 cm³/mol. The van der Waals surface area contributed by atoms with Crippen molar-refractivity contribution in [2.24, 2.45) is 40.9 Å². The summed E-state index contributed by atoms with van der Waals surface area (Å²) in [6, 6.07) is 0. The smallest absolute Gasteiger partial charge is 0.0547 e. The van der Waals surface area contributed by atoms with Gasteiger partial charge in [-0.3, -0.25) is 0 Å². The van der Waals surface area contributed by atoms with Gasteiger partial charge in [0.1, 0.15) is 0 Å². The van der Waals surface area contributed by atoms with E-state index in [2.05, 4.69) is 26.9 Å². The van der Waals surface area contributed by atoms with E-state index in [1.54, 1.807) is 64.2 Å². The Morgan fingerprint density at radius 3 is 1.54 bits per heavy atom. The number of hydrogen-bond acceptors (Lipinski definition) is 0. The minimum atomic E-state index is -1.16. The summed E-state index contributed by atoms with van der Waals surface area (Å²) in [6.45, 7) is 11.2. The van der Waals surface area contributed by atoms with Gasteiger partial charge in [-0.2, -0.15) is 0 Å². The Hall–Kier alpha value is 0.217. The third-order valence-corrected chi connectivity index (χ3v) is 15.6. The summed E-state index contributed by atoms with van der Waals surface area (Å²) >= 11 is 0. The van der Waals surface area contributed by atoms with Gasteiger partial charge in [0.25, 0.3) is 0 Å². The highest BCUT2D eigenvalue weighted by atomic mass is 28.3. The van der Waals surface area contributed by atoms with Crippen LogP contribution >= 0.6 is 0 Å². The summed E-state index contributed by atoms with van der Waals surface area (Å²) in [5.41, 5.74) is 3.01. The highest BCUT2D eigenvalue weighted by Crippen LogP contribution is 2.74. The van der Waals surface area contributed by atoms with Crippen molar-refractivity contribution < 1.29 is 0 Å². The third kappa shape index (κ3) is 2.03. The molecule has 0 radical (unpaired) electrons. The van der Waals surface area contributed by atoms with Gasteiger partial charge >= 0.3 is 0 Å². The average Bonchev–Trinajstić information content (AvgIpc) is 3.14. The Labute approximate surface area is 151 Å². The van der Waals surface area contributed by atoms with Crippen LogP contribution in [-0.4, -0.2) is 8.07 Å². The summed E-state index contributed by atoms with van der Waals surface area (Å²) in [5.74, 6) is 6.73. The van der Waals surface area contributed by atoms with E-state index in [0.29, 0.717) is 5.41 Å². The molecule has 1 aliphatic heterocycles. The molecule has 136 valence electrons. The van der Waals surface area contributed by atoms with E-state index >= 15 is 0 Å². The lowest BCUT2D eigenvalue weighted by Gasteiger charge is -2.59. The third-order valence-electron chi connectivity index (χ3n) is 10.5. The first-order valence-electron chi connectivity index (χ1n) is 11.4. The number of hydrogen-bond donors (Lipinski definition) is 0. The summed E-state index contributed by atoms with van der Waals surface area (Å²) in [6.07, 6.45) is 15.8. The Morgan fingerprint density at radius 1 is 0.667 bits per heavy atom. The minimum absolute atomic E-state index is 0.645. The maximum absolute atomic E-state index is 2.88. The molecule has 1 heteroatoms. The van der Waals surface area contributed by atoms with Gasteiger partial charge in [-0.1, -0.05) is 78.3 Å². The Kier molecular flexibility index (Phi) is 3.66. The summed E-state index contributed by atoms with van der Waals surface area (Å²) in [4.78, 5) is 0. The molecule has 0 spiro atoms.